The van der Waals surface area contributed by atoms with Gasteiger partial charge in [0.2, 0.25) is 0 Å². The van der Waals surface area contributed by atoms with Crippen LogP contribution < -0.4 is 0 Å². The number of hydrogen-bond donors (Lipinski definition) is 2. The Kier molecular flexibility index (Phi) is 3.10. The fraction of sp³-hybridized carbons (Fsp3) is 0.167. The highest BCUT2D eigenvalue weighted by Gasteiger charge is 2.36. The summed E-state index contributed by atoms with van der Waals surface area (Å²) in [4.78, 5) is 10.4. The average molecular weight is 252 g/mol. The molecule has 0 fully saturated rings. The molecule has 0 saturated heterocycles. The molecule has 0 radical (unpaired) electrons. The predicted octanol–water partition coefficient (Wildman–Crippen LogP) is 2.64. The van der Waals surface area contributed by atoms with Gasteiger partial charge in [-0.25, -0.2) is 0 Å². The number of carbonyl (C=O) groups is 1. The molecule has 2 aromatic rings. The Morgan fingerprint density at radius 3 is 2.61 bits per heavy atom. The second-order valence-corrected chi connectivity index (χ2v) is 3.81. The van der Waals surface area contributed by atoms with Gasteiger partial charge in [-0.2, -0.15) is 13.9 Å². The lowest BCUT2D eigenvalue weighted by Crippen LogP contribution is -2.18. The molecule has 0 bridgehead atoms. The number of aromatic nitrogens is 2. The zero-order valence-corrected chi connectivity index (χ0v) is 9.23. The van der Waals surface area contributed by atoms with E-state index in [9.17, 15) is 13.6 Å². The largest absolute Gasteiger partial charge is 0.481 e. The Bertz CT molecular complexity index is 552. The van der Waals surface area contributed by atoms with Crippen molar-refractivity contribution in [2.24, 2.45) is 0 Å². The molecule has 18 heavy (non-hydrogen) atoms. The molecular formula is C12H10F2N2O2. The monoisotopic (exact) mass is 252 g/mol. The smallest absolute Gasteiger partial charge is 0.309 e. The second kappa shape index (κ2) is 4.56. The van der Waals surface area contributed by atoms with Crippen LogP contribution in [0.1, 0.15) is 12.1 Å². The first-order valence-electron chi connectivity index (χ1n) is 5.20. The average Bonchev–Trinajstić information content (AvgIpc) is 2.78. The molecule has 0 aliphatic heterocycles. The lowest BCUT2D eigenvalue weighted by atomic mass is 10.1. The number of aromatic amines is 1. The highest BCUT2D eigenvalue weighted by Crippen LogP contribution is 2.32. The first-order valence-corrected chi connectivity index (χ1v) is 5.20. The lowest BCUT2D eigenvalue weighted by Gasteiger charge is -2.10. The minimum absolute atomic E-state index is 0.357. The molecule has 4 nitrogen and oxygen atoms in total. The van der Waals surface area contributed by atoms with E-state index in [1.54, 1.807) is 30.3 Å². The summed E-state index contributed by atoms with van der Waals surface area (Å²) in [7, 11) is 0. The predicted molar refractivity (Wildman–Crippen MR) is 60.2 cm³/mol. The third-order valence-corrected chi connectivity index (χ3v) is 2.41. The Morgan fingerprint density at radius 2 is 2.00 bits per heavy atom. The van der Waals surface area contributed by atoms with Crippen LogP contribution in [0.3, 0.4) is 0 Å². The standard InChI is InChI=1S/C12H10F2N2O2/c13-12(14,7-11(17)18)10-6-9(15-16-10)8-4-2-1-3-5-8/h1-6H,7H2,(H,15,16)(H,17,18). The Morgan fingerprint density at radius 1 is 1.33 bits per heavy atom. The topological polar surface area (TPSA) is 66.0 Å². The van der Waals surface area contributed by atoms with Crippen molar-refractivity contribution in [3.05, 3.63) is 42.1 Å². The highest BCUT2D eigenvalue weighted by molar-refractivity contribution is 5.68. The summed E-state index contributed by atoms with van der Waals surface area (Å²) in [5.41, 5.74) is 0.547. The molecule has 0 aliphatic rings. The van der Waals surface area contributed by atoms with Crippen molar-refractivity contribution in [2.45, 2.75) is 12.3 Å². The second-order valence-electron chi connectivity index (χ2n) is 3.81. The van der Waals surface area contributed by atoms with Gasteiger partial charge in [-0.05, 0) is 6.07 Å². The molecule has 0 unspecified atom stereocenters. The van der Waals surface area contributed by atoms with Crippen LogP contribution in [0.5, 0.6) is 0 Å². The maximum absolute atomic E-state index is 13.5. The number of carboxylic acids is 1. The molecule has 1 aromatic carbocycles. The summed E-state index contributed by atoms with van der Waals surface area (Å²) in [6.07, 6.45) is -1.26. The van der Waals surface area contributed by atoms with E-state index < -0.39 is 24.0 Å². The third-order valence-electron chi connectivity index (χ3n) is 2.41. The molecule has 1 aromatic heterocycles. The molecular weight excluding hydrogens is 242 g/mol. The van der Waals surface area contributed by atoms with E-state index in [1.807, 2.05) is 0 Å². The van der Waals surface area contributed by atoms with Gasteiger partial charge < -0.3 is 5.11 Å². The van der Waals surface area contributed by atoms with Crippen molar-refractivity contribution in [3.8, 4) is 11.3 Å². The number of rotatable bonds is 4. The first-order chi connectivity index (χ1) is 8.49. The first kappa shape index (κ1) is 12.2. The summed E-state index contributed by atoms with van der Waals surface area (Å²) in [5.74, 6) is -5.01. The van der Waals surface area contributed by atoms with Crippen LogP contribution >= 0.6 is 0 Å². The van der Waals surface area contributed by atoms with Crippen LogP contribution in [-0.4, -0.2) is 21.3 Å². The Balaban J connectivity index is 2.28. The number of H-pyrrole nitrogens is 1. The lowest BCUT2D eigenvalue weighted by molar-refractivity contribution is -0.145. The fourth-order valence-electron chi connectivity index (χ4n) is 1.55. The summed E-state index contributed by atoms with van der Waals surface area (Å²) < 4.78 is 27.0. The maximum Gasteiger partial charge on any atom is 0.309 e. The SMILES string of the molecule is O=C(O)CC(F)(F)c1cc(-c2ccccc2)n[nH]1. The van der Waals surface area contributed by atoms with Gasteiger partial charge in [-0.3, -0.25) is 9.89 Å². The van der Waals surface area contributed by atoms with E-state index in [2.05, 4.69) is 10.2 Å². The minimum Gasteiger partial charge on any atom is -0.481 e. The van der Waals surface area contributed by atoms with Crippen molar-refractivity contribution in [2.75, 3.05) is 0 Å². The van der Waals surface area contributed by atoms with Crippen LogP contribution in [0.15, 0.2) is 36.4 Å². The van der Waals surface area contributed by atoms with E-state index in [1.165, 1.54) is 0 Å². The zero-order chi connectivity index (χ0) is 13.2. The van der Waals surface area contributed by atoms with E-state index >= 15 is 0 Å². The van der Waals surface area contributed by atoms with Crippen molar-refractivity contribution < 1.29 is 18.7 Å². The minimum atomic E-state index is -3.45. The van der Waals surface area contributed by atoms with Crippen molar-refractivity contribution >= 4 is 5.97 Å². The molecule has 94 valence electrons. The van der Waals surface area contributed by atoms with Crippen LogP contribution in [0.4, 0.5) is 8.78 Å². The third kappa shape index (κ3) is 2.53. The van der Waals surface area contributed by atoms with Crippen LogP contribution in [0, 0.1) is 0 Å². The maximum atomic E-state index is 13.5. The van der Waals surface area contributed by atoms with E-state index in [0.717, 1.165) is 6.07 Å². The number of nitrogens with one attached hydrogen (secondary N) is 1. The fourth-order valence-corrected chi connectivity index (χ4v) is 1.55. The van der Waals surface area contributed by atoms with Crippen LogP contribution in [-0.2, 0) is 10.7 Å². The van der Waals surface area contributed by atoms with Gasteiger partial charge in [0.25, 0.3) is 5.92 Å². The van der Waals surface area contributed by atoms with Gasteiger partial charge in [0.1, 0.15) is 12.1 Å². The van der Waals surface area contributed by atoms with E-state index in [-0.39, 0.29) is 0 Å². The zero-order valence-electron chi connectivity index (χ0n) is 9.23. The van der Waals surface area contributed by atoms with Crippen molar-refractivity contribution in [1.29, 1.82) is 0 Å². The van der Waals surface area contributed by atoms with Gasteiger partial charge in [0, 0.05) is 5.56 Å². The molecule has 0 spiro atoms. The molecule has 0 amide bonds. The number of halogens is 2. The number of alkyl halides is 2. The number of hydrogen-bond acceptors (Lipinski definition) is 2. The molecule has 2 rings (SSSR count). The molecule has 2 N–H and O–H groups in total. The van der Waals surface area contributed by atoms with E-state index in [4.69, 9.17) is 5.11 Å². The van der Waals surface area contributed by atoms with Gasteiger partial charge in [-0.15, -0.1) is 0 Å². The number of benzene rings is 1. The van der Waals surface area contributed by atoms with E-state index in [0.29, 0.717) is 11.3 Å². The van der Waals surface area contributed by atoms with Gasteiger partial charge in [-0.1, -0.05) is 30.3 Å². The molecule has 1 heterocycles. The van der Waals surface area contributed by atoms with Crippen LogP contribution in [0.25, 0.3) is 11.3 Å². The number of nitrogens with zero attached hydrogens (tertiary/aromatic N) is 1. The molecule has 6 heteroatoms. The quantitative estimate of drug-likeness (QED) is 0.879. The molecule has 0 saturated carbocycles. The normalized spacial score (nSPS) is 11.4. The van der Waals surface area contributed by atoms with Crippen molar-refractivity contribution in [1.82, 2.24) is 10.2 Å². The summed E-state index contributed by atoms with van der Waals surface area (Å²) >= 11 is 0. The number of aliphatic carboxylic acids is 1. The molecule has 0 aliphatic carbocycles. The van der Waals surface area contributed by atoms with Gasteiger partial charge in [0.15, 0.2) is 0 Å². The highest BCUT2D eigenvalue weighted by atomic mass is 19.3. The summed E-state index contributed by atoms with van der Waals surface area (Å²) in [6.45, 7) is 0. The summed E-state index contributed by atoms with van der Waals surface area (Å²) in [6, 6.07) is 9.96. The van der Waals surface area contributed by atoms with Gasteiger partial charge >= 0.3 is 5.97 Å². The Hall–Kier alpha value is -2.24. The molecule has 0 atom stereocenters. The Labute approximate surface area is 101 Å². The van der Waals surface area contributed by atoms with Crippen LogP contribution in [0.2, 0.25) is 0 Å². The summed E-state index contributed by atoms with van der Waals surface area (Å²) in [5, 5.41) is 14.4. The van der Waals surface area contributed by atoms with Crippen molar-refractivity contribution in [3.63, 3.8) is 0 Å². The number of carboxylic acid groups (broad SMARTS) is 1. The van der Waals surface area contributed by atoms with Gasteiger partial charge in [0.05, 0.1) is 5.69 Å².